The van der Waals surface area contributed by atoms with Crippen molar-refractivity contribution >= 4 is 0 Å². The first-order valence-corrected chi connectivity index (χ1v) is 17.0. The van der Waals surface area contributed by atoms with Gasteiger partial charge in [0.1, 0.15) is 30.2 Å². The third-order valence-electron chi connectivity index (χ3n) is 9.19. The normalized spacial score (nSPS) is 22.8. The summed E-state index contributed by atoms with van der Waals surface area (Å²) in [4.78, 5) is 0. The Hall–Kier alpha value is -4.25. The van der Waals surface area contributed by atoms with Gasteiger partial charge in [-0.2, -0.15) is 0 Å². The lowest BCUT2D eigenvalue weighted by Crippen LogP contribution is -2.65. The molecule has 1 saturated heterocycles. The lowest BCUT2D eigenvalue weighted by Gasteiger charge is -2.51. The van der Waals surface area contributed by atoms with E-state index in [4.69, 9.17) is 28.4 Å². The highest BCUT2D eigenvalue weighted by Crippen LogP contribution is 2.49. The maximum atomic E-state index is 15.0. The number of halogens is 1. The largest absolute Gasteiger partial charge is 0.392 e. The van der Waals surface area contributed by atoms with Crippen molar-refractivity contribution in [3.8, 4) is 0 Å². The van der Waals surface area contributed by atoms with Crippen LogP contribution in [-0.4, -0.2) is 36.1 Å². The SMILES string of the molecule is OCc1cc2c(cc1F)CO[C@]21O[C@H](COCc2ccccc2)[C@H](OCc2ccccc2)[C@H](OCc2ccccc2)[C@H]1OCc1ccccc1. The topological polar surface area (TPSA) is 75.6 Å². The van der Waals surface area contributed by atoms with Gasteiger partial charge in [-0.3, -0.25) is 0 Å². The standard InChI is InChI=1S/C42H41FO7/c43-37-22-35-28-49-42(36(35)21-34(37)23-44)41(48-27-33-19-11-4-12-20-33)40(47-26-32-17-9-3-10-18-32)39(46-25-31-15-7-2-8-16-31)38(50-42)29-45-24-30-13-5-1-6-14-30/h1-22,38-41,44H,23-29H2/t38-,39+,40+,41-,42+/m1/s1. The Morgan fingerprint density at radius 2 is 1.14 bits per heavy atom. The number of fused-ring (bicyclic) bond motifs is 2. The molecule has 5 aromatic carbocycles. The van der Waals surface area contributed by atoms with Gasteiger partial charge in [0.2, 0.25) is 5.79 Å². The summed E-state index contributed by atoms with van der Waals surface area (Å²) in [6, 6.07) is 42.7. The molecule has 50 heavy (non-hydrogen) atoms. The zero-order chi connectivity index (χ0) is 34.2. The molecule has 258 valence electrons. The maximum absolute atomic E-state index is 15.0. The van der Waals surface area contributed by atoms with Gasteiger partial charge < -0.3 is 33.5 Å². The fourth-order valence-electron chi connectivity index (χ4n) is 6.66. The van der Waals surface area contributed by atoms with Gasteiger partial charge in [-0.15, -0.1) is 0 Å². The van der Waals surface area contributed by atoms with Gasteiger partial charge in [-0.25, -0.2) is 4.39 Å². The van der Waals surface area contributed by atoms with Crippen molar-refractivity contribution in [2.45, 2.75) is 69.8 Å². The molecule has 2 heterocycles. The molecule has 2 aliphatic heterocycles. The second-order valence-electron chi connectivity index (χ2n) is 12.6. The van der Waals surface area contributed by atoms with Crippen LogP contribution in [-0.2, 0) is 73.8 Å². The van der Waals surface area contributed by atoms with Gasteiger partial charge in [0.15, 0.2) is 0 Å². The van der Waals surface area contributed by atoms with Crippen molar-refractivity contribution in [3.63, 3.8) is 0 Å². The summed E-state index contributed by atoms with van der Waals surface area (Å²) < 4.78 is 55.4. The minimum absolute atomic E-state index is 0.0850. The summed E-state index contributed by atoms with van der Waals surface area (Å²) >= 11 is 0. The van der Waals surface area contributed by atoms with Gasteiger partial charge in [0, 0.05) is 11.1 Å². The Bertz CT molecular complexity index is 1790. The monoisotopic (exact) mass is 676 g/mol. The molecule has 0 aromatic heterocycles. The highest BCUT2D eigenvalue weighted by atomic mass is 19.1. The van der Waals surface area contributed by atoms with Crippen LogP contribution in [0.5, 0.6) is 0 Å². The first kappa shape index (κ1) is 34.2. The number of benzene rings is 5. The fraction of sp³-hybridized carbons (Fsp3) is 0.286. The number of aliphatic hydroxyl groups is 1. The Balaban J connectivity index is 1.30. The molecule has 2 aliphatic rings. The van der Waals surface area contributed by atoms with Gasteiger partial charge in [0.05, 0.1) is 46.2 Å². The molecular weight excluding hydrogens is 635 g/mol. The van der Waals surface area contributed by atoms with E-state index in [9.17, 15) is 5.11 Å². The average molecular weight is 677 g/mol. The first-order chi connectivity index (χ1) is 24.6. The third-order valence-corrected chi connectivity index (χ3v) is 9.19. The van der Waals surface area contributed by atoms with Crippen molar-refractivity contribution < 1.29 is 37.9 Å². The van der Waals surface area contributed by atoms with Crippen LogP contribution >= 0.6 is 0 Å². The van der Waals surface area contributed by atoms with E-state index in [0.29, 0.717) is 24.3 Å². The van der Waals surface area contributed by atoms with Crippen LogP contribution in [0.3, 0.4) is 0 Å². The number of ether oxygens (including phenoxy) is 6. The lowest BCUT2D eigenvalue weighted by atomic mass is 9.86. The van der Waals surface area contributed by atoms with Crippen molar-refractivity contribution in [2.24, 2.45) is 0 Å². The smallest absolute Gasteiger partial charge is 0.226 e. The van der Waals surface area contributed by atoms with E-state index in [1.54, 1.807) is 6.07 Å². The summed E-state index contributed by atoms with van der Waals surface area (Å²) in [5.74, 6) is -2.02. The van der Waals surface area contributed by atoms with Crippen LogP contribution in [0.25, 0.3) is 0 Å². The van der Waals surface area contributed by atoms with Crippen LogP contribution in [0.15, 0.2) is 133 Å². The predicted octanol–water partition coefficient (Wildman–Crippen LogP) is 7.37. The van der Waals surface area contributed by atoms with Gasteiger partial charge in [-0.05, 0) is 39.9 Å². The van der Waals surface area contributed by atoms with E-state index in [-0.39, 0.29) is 32.0 Å². The van der Waals surface area contributed by atoms with E-state index in [1.807, 2.05) is 121 Å². The molecule has 0 amide bonds. The molecule has 0 saturated carbocycles. The van der Waals surface area contributed by atoms with Crippen molar-refractivity contribution in [2.75, 3.05) is 6.61 Å². The summed E-state index contributed by atoms with van der Waals surface area (Å²) in [5, 5.41) is 10.1. The molecule has 0 bridgehead atoms. The molecule has 0 aliphatic carbocycles. The molecule has 1 N–H and O–H groups in total. The van der Waals surface area contributed by atoms with Gasteiger partial charge in [-0.1, -0.05) is 121 Å². The van der Waals surface area contributed by atoms with Crippen LogP contribution in [0, 0.1) is 5.82 Å². The maximum Gasteiger partial charge on any atom is 0.226 e. The molecule has 5 aromatic rings. The third kappa shape index (κ3) is 7.72. The molecule has 7 nitrogen and oxygen atoms in total. The molecule has 5 atom stereocenters. The van der Waals surface area contributed by atoms with E-state index in [2.05, 4.69) is 0 Å². The van der Waals surface area contributed by atoms with E-state index in [1.165, 1.54) is 6.07 Å². The Labute approximate surface area is 292 Å². The average Bonchev–Trinajstić information content (AvgIpc) is 3.50. The molecule has 7 rings (SSSR count). The van der Waals surface area contributed by atoms with Gasteiger partial charge in [0.25, 0.3) is 0 Å². The second-order valence-corrected chi connectivity index (χ2v) is 12.6. The van der Waals surface area contributed by atoms with E-state index >= 15 is 4.39 Å². The van der Waals surface area contributed by atoms with Crippen molar-refractivity contribution in [1.29, 1.82) is 0 Å². The molecule has 1 fully saturated rings. The zero-order valence-electron chi connectivity index (χ0n) is 27.7. The van der Waals surface area contributed by atoms with Crippen LogP contribution in [0.2, 0.25) is 0 Å². The molecule has 8 heteroatoms. The van der Waals surface area contributed by atoms with E-state index < -0.39 is 42.6 Å². The zero-order valence-corrected chi connectivity index (χ0v) is 27.7. The first-order valence-electron chi connectivity index (χ1n) is 17.0. The Morgan fingerprint density at radius 1 is 0.640 bits per heavy atom. The van der Waals surface area contributed by atoms with Gasteiger partial charge >= 0.3 is 0 Å². The highest BCUT2D eigenvalue weighted by molar-refractivity contribution is 5.40. The number of rotatable bonds is 14. The summed E-state index contributed by atoms with van der Waals surface area (Å²) in [6.45, 7) is 0.917. The Morgan fingerprint density at radius 3 is 1.68 bits per heavy atom. The Kier molecular flexibility index (Phi) is 11.1. The molecule has 0 radical (unpaired) electrons. The number of hydrogen-bond donors (Lipinski definition) is 1. The fourth-order valence-corrected chi connectivity index (χ4v) is 6.66. The molecule has 1 spiro atoms. The summed E-state index contributed by atoms with van der Waals surface area (Å²) in [7, 11) is 0. The summed E-state index contributed by atoms with van der Waals surface area (Å²) in [6.07, 6.45) is -2.94. The van der Waals surface area contributed by atoms with Crippen molar-refractivity contribution in [1.82, 2.24) is 0 Å². The summed E-state index contributed by atoms with van der Waals surface area (Å²) in [5.41, 5.74) is 5.28. The quantitative estimate of drug-likeness (QED) is 0.132. The van der Waals surface area contributed by atoms with Crippen LogP contribution in [0.4, 0.5) is 4.39 Å². The highest BCUT2D eigenvalue weighted by Gasteiger charge is 2.61. The van der Waals surface area contributed by atoms with Crippen LogP contribution in [0.1, 0.15) is 38.9 Å². The number of aliphatic hydroxyl groups excluding tert-OH is 1. The van der Waals surface area contributed by atoms with Crippen LogP contribution < -0.4 is 0 Å². The lowest BCUT2D eigenvalue weighted by molar-refractivity contribution is -0.387. The minimum Gasteiger partial charge on any atom is -0.392 e. The number of hydrogen-bond acceptors (Lipinski definition) is 7. The second kappa shape index (κ2) is 16.2. The molecule has 0 unspecified atom stereocenters. The minimum atomic E-state index is -1.52. The van der Waals surface area contributed by atoms with Crippen molar-refractivity contribution in [3.05, 3.63) is 178 Å². The van der Waals surface area contributed by atoms with E-state index in [0.717, 1.165) is 22.3 Å². The molecular formula is C42H41FO7. The predicted molar refractivity (Wildman–Crippen MR) is 185 cm³/mol.